The Morgan fingerprint density at radius 3 is 2.40 bits per heavy atom. The molecule has 8 heteroatoms. The molecule has 0 amide bonds. The van der Waals surface area contributed by atoms with Crippen molar-refractivity contribution in [3.8, 4) is 17.0 Å². The first kappa shape index (κ1) is 15.3. The Kier molecular flexibility index (Phi) is 3.28. The smallest absolute Gasteiger partial charge is 0.406 e. The van der Waals surface area contributed by atoms with Crippen LogP contribution in [-0.4, -0.2) is 20.7 Å². The maximum Gasteiger partial charge on any atom is 0.573 e. The van der Waals surface area contributed by atoms with E-state index in [1.807, 2.05) is 28.7 Å². The van der Waals surface area contributed by atoms with Crippen molar-refractivity contribution in [3.63, 3.8) is 0 Å². The van der Waals surface area contributed by atoms with Gasteiger partial charge in [-0.15, -0.1) is 13.2 Å². The number of nitrogens with zero attached hydrogens (tertiary/aromatic N) is 3. The number of imidazole rings is 1. The normalized spacial score (nSPS) is 12.0. The van der Waals surface area contributed by atoms with Crippen LogP contribution < -0.4 is 10.5 Å². The van der Waals surface area contributed by atoms with Gasteiger partial charge in [0, 0.05) is 11.8 Å². The zero-order valence-corrected chi connectivity index (χ0v) is 12.7. The highest BCUT2D eigenvalue weighted by atomic mass is 19.4. The molecule has 126 valence electrons. The number of hydrogen-bond donors (Lipinski definition) is 1. The van der Waals surface area contributed by atoms with Crippen LogP contribution in [0.2, 0.25) is 0 Å². The minimum atomic E-state index is -4.72. The molecule has 0 aliphatic carbocycles. The van der Waals surface area contributed by atoms with Crippen molar-refractivity contribution in [2.45, 2.75) is 6.36 Å². The highest BCUT2D eigenvalue weighted by molar-refractivity contribution is 5.84. The molecule has 0 spiro atoms. The second kappa shape index (κ2) is 5.37. The number of halogens is 3. The lowest BCUT2D eigenvalue weighted by molar-refractivity contribution is -0.274. The van der Waals surface area contributed by atoms with Crippen molar-refractivity contribution in [3.05, 3.63) is 54.7 Å². The zero-order chi connectivity index (χ0) is 17.6. The lowest BCUT2D eigenvalue weighted by Crippen LogP contribution is -2.16. The summed E-state index contributed by atoms with van der Waals surface area (Å²) in [5.41, 5.74) is 9.31. The molecule has 5 nitrogen and oxygen atoms in total. The number of benzene rings is 2. The molecule has 0 radical (unpaired) electrons. The highest BCUT2D eigenvalue weighted by Crippen LogP contribution is 2.28. The Balaban J connectivity index is 1.80. The van der Waals surface area contributed by atoms with E-state index in [4.69, 9.17) is 5.73 Å². The summed E-state index contributed by atoms with van der Waals surface area (Å²) in [5, 5.41) is 0. The zero-order valence-electron chi connectivity index (χ0n) is 12.7. The Labute approximate surface area is 139 Å². The van der Waals surface area contributed by atoms with E-state index >= 15 is 0 Å². The number of hydrogen-bond acceptors (Lipinski definition) is 4. The van der Waals surface area contributed by atoms with Crippen molar-refractivity contribution >= 4 is 22.5 Å². The number of nitrogen functional groups attached to an aromatic ring is 1. The summed E-state index contributed by atoms with van der Waals surface area (Å²) in [7, 11) is 0. The second-order valence-corrected chi connectivity index (χ2v) is 5.38. The molecule has 0 aliphatic rings. The number of alkyl halides is 3. The summed E-state index contributed by atoms with van der Waals surface area (Å²) in [6, 6.07) is 13.0. The average molecular weight is 344 g/mol. The molecule has 0 bridgehead atoms. The van der Waals surface area contributed by atoms with Crippen molar-refractivity contribution in [2.24, 2.45) is 0 Å². The van der Waals surface area contributed by atoms with E-state index in [0.29, 0.717) is 16.9 Å². The highest BCUT2D eigenvalue weighted by Gasteiger charge is 2.31. The predicted molar refractivity (Wildman–Crippen MR) is 87.0 cm³/mol. The fourth-order valence-corrected chi connectivity index (χ4v) is 2.65. The summed E-state index contributed by atoms with van der Waals surface area (Å²) in [6.45, 7) is 0. The van der Waals surface area contributed by atoms with Crippen LogP contribution in [-0.2, 0) is 0 Å². The third-order valence-corrected chi connectivity index (χ3v) is 3.70. The molecule has 2 N–H and O–H groups in total. The Morgan fingerprint density at radius 1 is 0.960 bits per heavy atom. The van der Waals surface area contributed by atoms with Crippen LogP contribution in [0.15, 0.2) is 54.7 Å². The summed E-state index contributed by atoms with van der Waals surface area (Å²) < 4.78 is 42.4. The number of fused-ring (bicyclic) bond motifs is 3. The van der Waals surface area contributed by atoms with E-state index in [9.17, 15) is 13.2 Å². The second-order valence-electron chi connectivity index (χ2n) is 5.38. The maximum absolute atomic E-state index is 12.2. The molecule has 2 aromatic carbocycles. The van der Waals surface area contributed by atoms with Crippen LogP contribution in [0.3, 0.4) is 0 Å². The van der Waals surface area contributed by atoms with Gasteiger partial charge < -0.3 is 10.5 Å². The lowest BCUT2D eigenvalue weighted by Gasteiger charge is -2.09. The van der Waals surface area contributed by atoms with E-state index < -0.39 is 6.36 Å². The van der Waals surface area contributed by atoms with Crippen LogP contribution in [0.4, 0.5) is 19.0 Å². The first-order valence-electron chi connectivity index (χ1n) is 7.30. The molecule has 4 rings (SSSR count). The van der Waals surface area contributed by atoms with Crippen molar-refractivity contribution in [2.75, 3.05) is 5.73 Å². The minimum absolute atomic E-state index is 0.240. The van der Waals surface area contributed by atoms with Crippen molar-refractivity contribution in [1.82, 2.24) is 14.4 Å². The van der Waals surface area contributed by atoms with E-state index in [0.717, 1.165) is 11.0 Å². The van der Waals surface area contributed by atoms with Gasteiger partial charge in [-0.2, -0.15) is 0 Å². The molecule has 0 saturated carbocycles. The lowest BCUT2D eigenvalue weighted by atomic mass is 10.1. The molecule has 4 aromatic rings. The monoisotopic (exact) mass is 344 g/mol. The fraction of sp³-hybridized carbons (Fsp3) is 0.0588. The maximum atomic E-state index is 12.2. The Bertz CT molecular complexity index is 1070. The van der Waals surface area contributed by atoms with Crippen LogP contribution in [0.25, 0.3) is 27.9 Å². The van der Waals surface area contributed by atoms with E-state index in [1.54, 1.807) is 6.20 Å². The summed E-state index contributed by atoms with van der Waals surface area (Å²) in [5.74, 6) is -0.0531. The first-order chi connectivity index (χ1) is 11.9. The summed E-state index contributed by atoms with van der Waals surface area (Å²) in [6.07, 6.45) is -2.97. The molecule has 25 heavy (non-hydrogen) atoms. The molecule has 0 atom stereocenters. The van der Waals surface area contributed by atoms with Gasteiger partial charge in [0.05, 0.1) is 16.7 Å². The van der Waals surface area contributed by atoms with Gasteiger partial charge in [-0.25, -0.2) is 9.97 Å². The molecule has 0 unspecified atom stereocenters. The van der Waals surface area contributed by atoms with E-state index in [1.165, 1.54) is 24.3 Å². The van der Waals surface area contributed by atoms with Crippen LogP contribution >= 0.6 is 0 Å². The molecule has 2 heterocycles. The average Bonchev–Trinajstić information content (AvgIpc) is 2.94. The number of nitrogens with two attached hydrogens (primary N) is 1. The number of anilines is 1. The van der Waals surface area contributed by atoms with Gasteiger partial charge in [0.25, 0.3) is 0 Å². The molecule has 0 fully saturated rings. The topological polar surface area (TPSA) is 65.4 Å². The van der Waals surface area contributed by atoms with Gasteiger partial charge in [0.15, 0.2) is 11.5 Å². The van der Waals surface area contributed by atoms with Gasteiger partial charge >= 0.3 is 6.36 Å². The molecule has 2 aromatic heterocycles. The van der Waals surface area contributed by atoms with Crippen molar-refractivity contribution in [1.29, 1.82) is 0 Å². The Hall–Kier alpha value is -3.29. The van der Waals surface area contributed by atoms with Gasteiger partial charge in [0.1, 0.15) is 5.75 Å². The third kappa shape index (κ3) is 2.82. The van der Waals surface area contributed by atoms with Crippen LogP contribution in [0.1, 0.15) is 0 Å². The molecule has 0 saturated heterocycles. The largest absolute Gasteiger partial charge is 0.573 e. The van der Waals surface area contributed by atoms with E-state index in [2.05, 4.69) is 14.7 Å². The van der Waals surface area contributed by atoms with Crippen LogP contribution in [0.5, 0.6) is 5.75 Å². The van der Waals surface area contributed by atoms with Gasteiger partial charge in [-0.05, 0) is 36.4 Å². The predicted octanol–water partition coefficient (Wildman–Crippen LogP) is 4.03. The van der Waals surface area contributed by atoms with Gasteiger partial charge in [-0.1, -0.05) is 12.1 Å². The first-order valence-corrected chi connectivity index (χ1v) is 7.30. The van der Waals surface area contributed by atoms with Crippen molar-refractivity contribution < 1.29 is 17.9 Å². The van der Waals surface area contributed by atoms with E-state index in [-0.39, 0.29) is 11.6 Å². The number of ether oxygens (including phenoxy) is 1. The SMILES string of the molecule is Nc1nc(-c2ccc(OC(F)(F)F)cc2)cn2c1nc1ccccc12. The van der Waals surface area contributed by atoms with Crippen LogP contribution in [0, 0.1) is 0 Å². The minimum Gasteiger partial charge on any atom is -0.406 e. The standard InChI is InChI=1S/C17H11F3N4O/c18-17(19,20)25-11-7-5-10(6-8-11)13-9-24-14-4-2-1-3-12(14)23-16(24)15(21)22-13/h1-9H,(H2,21,22). The Morgan fingerprint density at radius 2 is 1.68 bits per heavy atom. The fourth-order valence-electron chi connectivity index (χ4n) is 2.65. The molecule has 0 aliphatic heterocycles. The summed E-state index contributed by atoms with van der Waals surface area (Å²) >= 11 is 0. The molecular weight excluding hydrogens is 333 g/mol. The third-order valence-electron chi connectivity index (χ3n) is 3.70. The summed E-state index contributed by atoms with van der Waals surface area (Å²) in [4.78, 5) is 8.74. The quantitative estimate of drug-likeness (QED) is 0.596. The van der Waals surface area contributed by atoms with Gasteiger partial charge in [0.2, 0.25) is 0 Å². The number of para-hydroxylation sites is 2. The number of aromatic nitrogens is 3. The number of rotatable bonds is 2. The van der Waals surface area contributed by atoms with Gasteiger partial charge in [-0.3, -0.25) is 4.40 Å². The molecular formula is C17H11F3N4O.